The van der Waals surface area contributed by atoms with Gasteiger partial charge in [0.05, 0.1) is 6.20 Å². The number of hydrogen-bond acceptors (Lipinski definition) is 3. The molecule has 6 nitrogen and oxygen atoms in total. The molecule has 0 spiro atoms. The van der Waals surface area contributed by atoms with Crippen molar-refractivity contribution in [1.82, 2.24) is 20.4 Å². The molecule has 0 saturated heterocycles. The highest BCUT2D eigenvalue weighted by atomic mass is 16.3. The van der Waals surface area contributed by atoms with E-state index < -0.39 is 0 Å². The largest absolute Gasteiger partial charge is 0.396 e. The molecule has 1 aromatic rings. The molecule has 0 amide bonds. The second kappa shape index (κ2) is 11.1. The fourth-order valence-corrected chi connectivity index (χ4v) is 2.41. The molecule has 6 heteroatoms. The molecule has 0 saturated carbocycles. The summed E-state index contributed by atoms with van der Waals surface area (Å²) >= 11 is 0. The third-order valence-electron chi connectivity index (χ3n) is 3.55. The number of aliphatic hydroxyl groups excluding tert-OH is 1. The van der Waals surface area contributed by atoms with Gasteiger partial charge in [0.25, 0.3) is 0 Å². The highest BCUT2D eigenvalue weighted by Gasteiger charge is 2.07. The van der Waals surface area contributed by atoms with Gasteiger partial charge in [0, 0.05) is 39.5 Å². The first-order chi connectivity index (χ1) is 10.7. The van der Waals surface area contributed by atoms with Gasteiger partial charge in [-0.2, -0.15) is 5.10 Å². The number of nitrogens with one attached hydrogen (secondary N) is 2. The topological polar surface area (TPSA) is 74.5 Å². The molecule has 1 aromatic heterocycles. The Kier molecular flexibility index (Phi) is 9.30. The molecule has 1 heterocycles. The summed E-state index contributed by atoms with van der Waals surface area (Å²) in [7, 11) is 1.93. The highest BCUT2D eigenvalue weighted by Crippen LogP contribution is 2.10. The van der Waals surface area contributed by atoms with Crippen molar-refractivity contribution in [2.45, 2.75) is 39.5 Å². The lowest BCUT2D eigenvalue weighted by Gasteiger charge is -2.15. The molecule has 0 aliphatic rings. The van der Waals surface area contributed by atoms with Gasteiger partial charge in [-0.05, 0) is 37.7 Å². The lowest BCUT2D eigenvalue weighted by molar-refractivity contribution is 0.253. The maximum atomic E-state index is 9.11. The number of aliphatic imine (C=N–C) groups is 1. The number of aromatic nitrogens is 2. The minimum Gasteiger partial charge on any atom is -0.396 e. The van der Waals surface area contributed by atoms with E-state index in [0.29, 0.717) is 5.92 Å². The van der Waals surface area contributed by atoms with Crippen molar-refractivity contribution in [2.24, 2.45) is 18.0 Å². The van der Waals surface area contributed by atoms with Crippen molar-refractivity contribution in [1.29, 1.82) is 0 Å². The monoisotopic (exact) mass is 309 g/mol. The quantitative estimate of drug-likeness (QED) is 0.450. The zero-order valence-corrected chi connectivity index (χ0v) is 14.2. The SMILES string of the molecule is CCCC(CCO)CN=C(NCC)NCCc1cnn(C)c1. The molecule has 1 unspecified atom stereocenters. The normalized spacial score (nSPS) is 13.2. The second-order valence-corrected chi connectivity index (χ2v) is 5.59. The minimum absolute atomic E-state index is 0.241. The number of aliphatic hydroxyl groups is 1. The predicted octanol–water partition coefficient (Wildman–Crippen LogP) is 1.32. The molecule has 1 atom stereocenters. The Balaban J connectivity index is 2.43. The van der Waals surface area contributed by atoms with Gasteiger partial charge in [-0.25, -0.2) is 0 Å². The second-order valence-electron chi connectivity index (χ2n) is 5.59. The molecule has 3 N–H and O–H groups in total. The van der Waals surface area contributed by atoms with Crippen LogP contribution in [0.2, 0.25) is 0 Å². The first-order valence-corrected chi connectivity index (χ1v) is 8.30. The third-order valence-corrected chi connectivity index (χ3v) is 3.55. The zero-order chi connectivity index (χ0) is 16.2. The lowest BCUT2D eigenvalue weighted by atomic mass is 10.0. The maximum Gasteiger partial charge on any atom is 0.191 e. The van der Waals surface area contributed by atoms with Crippen LogP contribution in [0.1, 0.15) is 38.7 Å². The fraction of sp³-hybridized carbons (Fsp3) is 0.750. The van der Waals surface area contributed by atoms with Crippen LogP contribution in [0.3, 0.4) is 0 Å². The van der Waals surface area contributed by atoms with E-state index in [4.69, 9.17) is 5.11 Å². The van der Waals surface area contributed by atoms with E-state index in [2.05, 4.69) is 34.6 Å². The number of rotatable bonds is 10. The van der Waals surface area contributed by atoms with Crippen molar-refractivity contribution in [2.75, 3.05) is 26.2 Å². The lowest BCUT2D eigenvalue weighted by Crippen LogP contribution is -2.38. The van der Waals surface area contributed by atoms with E-state index in [9.17, 15) is 0 Å². The number of hydrogen-bond donors (Lipinski definition) is 3. The van der Waals surface area contributed by atoms with E-state index in [-0.39, 0.29) is 6.61 Å². The van der Waals surface area contributed by atoms with Crippen LogP contribution in [0.25, 0.3) is 0 Å². The Morgan fingerprint density at radius 2 is 2.18 bits per heavy atom. The smallest absolute Gasteiger partial charge is 0.191 e. The van der Waals surface area contributed by atoms with Gasteiger partial charge in [-0.15, -0.1) is 0 Å². The summed E-state index contributed by atoms with van der Waals surface area (Å²) in [6, 6.07) is 0. The summed E-state index contributed by atoms with van der Waals surface area (Å²) in [6.07, 6.45) is 7.92. The average molecular weight is 309 g/mol. The van der Waals surface area contributed by atoms with Crippen molar-refractivity contribution in [3.05, 3.63) is 18.0 Å². The van der Waals surface area contributed by atoms with Gasteiger partial charge in [-0.3, -0.25) is 9.67 Å². The van der Waals surface area contributed by atoms with Gasteiger partial charge in [0.2, 0.25) is 0 Å². The summed E-state index contributed by atoms with van der Waals surface area (Å²) in [5.41, 5.74) is 1.22. The van der Waals surface area contributed by atoms with Crippen LogP contribution in [0.4, 0.5) is 0 Å². The van der Waals surface area contributed by atoms with E-state index >= 15 is 0 Å². The Labute approximate surface area is 134 Å². The van der Waals surface area contributed by atoms with E-state index in [1.54, 1.807) is 0 Å². The molecule has 0 bridgehead atoms. The van der Waals surface area contributed by atoms with Gasteiger partial charge >= 0.3 is 0 Å². The van der Waals surface area contributed by atoms with Crippen molar-refractivity contribution in [3.63, 3.8) is 0 Å². The average Bonchev–Trinajstić information content (AvgIpc) is 2.90. The first kappa shape index (κ1) is 18.5. The van der Waals surface area contributed by atoms with Crippen molar-refractivity contribution < 1.29 is 5.11 Å². The molecule has 126 valence electrons. The Morgan fingerprint density at radius 3 is 2.77 bits per heavy atom. The van der Waals surface area contributed by atoms with Crippen LogP contribution in [-0.2, 0) is 13.5 Å². The standard InChI is InChI=1S/C16H31N5O/c1-4-6-14(8-10-22)11-19-16(17-5-2)18-9-7-15-12-20-21(3)13-15/h12-14,22H,4-11H2,1-3H3,(H2,17,18,19). The summed E-state index contributed by atoms with van der Waals surface area (Å²) < 4.78 is 1.82. The zero-order valence-electron chi connectivity index (χ0n) is 14.2. The van der Waals surface area contributed by atoms with E-state index in [0.717, 1.165) is 51.3 Å². The first-order valence-electron chi connectivity index (χ1n) is 8.30. The van der Waals surface area contributed by atoms with Gasteiger partial charge in [0.15, 0.2) is 5.96 Å². The Bertz CT molecular complexity index is 424. The third kappa shape index (κ3) is 7.45. The molecule has 0 aliphatic heterocycles. The van der Waals surface area contributed by atoms with Crippen molar-refractivity contribution in [3.8, 4) is 0 Å². The summed E-state index contributed by atoms with van der Waals surface area (Å²) in [6.45, 7) is 6.91. The molecule has 1 rings (SSSR count). The summed E-state index contributed by atoms with van der Waals surface area (Å²) in [5, 5.41) is 19.9. The molecule has 0 aliphatic carbocycles. The van der Waals surface area contributed by atoms with Gasteiger partial charge < -0.3 is 15.7 Å². The number of aryl methyl sites for hydroxylation is 1. The van der Waals surface area contributed by atoms with Crippen LogP contribution in [0, 0.1) is 5.92 Å². The van der Waals surface area contributed by atoms with Gasteiger partial charge in [0.1, 0.15) is 0 Å². The van der Waals surface area contributed by atoms with E-state index in [1.165, 1.54) is 5.56 Å². The fourth-order valence-electron chi connectivity index (χ4n) is 2.41. The van der Waals surface area contributed by atoms with Crippen LogP contribution >= 0.6 is 0 Å². The Morgan fingerprint density at radius 1 is 1.36 bits per heavy atom. The van der Waals surface area contributed by atoms with Gasteiger partial charge in [-0.1, -0.05) is 13.3 Å². The summed E-state index contributed by atoms with van der Waals surface area (Å²) in [4.78, 5) is 4.65. The van der Waals surface area contributed by atoms with Crippen LogP contribution in [0.15, 0.2) is 17.4 Å². The van der Waals surface area contributed by atoms with Crippen LogP contribution < -0.4 is 10.6 Å². The molecule has 0 fully saturated rings. The highest BCUT2D eigenvalue weighted by molar-refractivity contribution is 5.79. The molecular weight excluding hydrogens is 278 g/mol. The predicted molar refractivity (Wildman–Crippen MR) is 91.0 cm³/mol. The maximum absolute atomic E-state index is 9.11. The Hall–Kier alpha value is -1.56. The van der Waals surface area contributed by atoms with Crippen LogP contribution in [0.5, 0.6) is 0 Å². The number of guanidine groups is 1. The minimum atomic E-state index is 0.241. The number of nitrogens with zero attached hydrogens (tertiary/aromatic N) is 3. The van der Waals surface area contributed by atoms with Crippen LogP contribution in [-0.4, -0.2) is 47.1 Å². The van der Waals surface area contributed by atoms with Crippen molar-refractivity contribution >= 4 is 5.96 Å². The molecule has 0 radical (unpaired) electrons. The molecular formula is C16H31N5O. The molecule has 22 heavy (non-hydrogen) atoms. The molecule has 0 aromatic carbocycles. The van der Waals surface area contributed by atoms with E-state index in [1.807, 2.05) is 24.1 Å². The summed E-state index contributed by atoms with van der Waals surface area (Å²) in [5.74, 6) is 1.31.